The molecule has 24 heavy (non-hydrogen) atoms. The fourth-order valence-corrected chi connectivity index (χ4v) is 4.63. The van der Waals surface area contributed by atoms with Crippen molar-refractivity contribution >= 4 is 11.9 Å². The number of ether oxygens (including phenoxy) is 1. The van der Waals surface area contributed by atoms with Gasteiger partial charge < -0.3 is 9.64 Å². The molecule has 2 aliphatic rings. The van der Waals surface area contributed by atoms with Crippen LogP contribution in [0.5, 0.6) is 0 Å². The molecule has 0 N–H and O–H groups in total. The number of likely N-dealkylation sites (tertiary alicyclic amines) is 1. The highest BCUT2D eigenvalue weighted by Crippen LogP contribution is 2.52. The molecule has 5 heteroatoms. The molecule has 2 fully saturated rings. The van der Waals surface area contributed by atoms with Crippen LogP contribution < -0.4 is 0 Å². The van der Waals surface area contributed by atoms with Gasteiger partial charge >= 0.3 is 5.97 Å². The molecule has 0 aromatic heterocycles. The molecular weight excluding hydrogens is 309 g/mol. The van der Waals surface area contributed by atoms with E-state index in [9.17, 15) is 14.0 Å². The summed E-state index contributed by atoms with van der Waals surface area (Å²) in [5, 5.41) is 0. The number of benzene rings is 1. The zero-order valence-corrected chi connectivity index (χ0v) is 14.5. The Hall–Kier alpha value is -1.91. The van der Waals surface area contributed by atoms with Crippen LogP contribution >= 0.6 is 0 Å². The summed E-state index contributed by atoms with van der Waals surface area (Å²) in [6.45, 7) is 7.20. The molecular formula is C19H24FNO3. The standard InChI is InChI=1S/C19H24FNO3/c1-18(2)8-15-9-19(3,11-18)12-21(15)16(22)10-24-17(23)13-4-6-14(20)7-5-13/h4-7,15H,8-12H2,1-3H3/t15-,19-/m1/s1. The van der Waals surface area contributed by atoms with Crippen molar-refractivity contribution < 1.29 is 18.7 Å². The normalized spacial score (nSPS) is 27.8. The largest absolute Gasteiger partial charge is 0.452 e. The van der Waals surface area contributed by atoms with E-state index in [1.54, 1.807) is 0 Å². The third kappa shape index (κ3) is 3.45. The first kappa shape index (κ1) is 16.9. The van der Waals surface area contributed by atoms with Crippen LogP contribution in [0.2, 0.25) is 0 Å². The van der Waals surface area contributed by atoms with Crippen molar-refractivity contribution in [1.82, 2.24) is 4.90 Å². The average molecular weight is 333 g/mol. The summed E-state index contributed by atoms with van der Waals surface area (Å²) < 4.78 is 18.0. The molecule has 1 aliphatic heterocycles. The molecule has 1 saturated heterocycles. The van der Waals surface area contributed by atoms with E-state index in [4.69, 9.17) is 4.74 Å². The van der Waals surface area contributed by atoms with Crippen LogP contribution in [-0.2, 0) is 9.53 Å². The van der Waals surface area contributed by atoms with Gasteiger partial charge in [0.15, 0.2) is 6.61 Å². The van der Waals surface area contributed by atoms with Crippen molar-refractivity contribution in [3.63, 3.8) is 0 Å². The highest BCUT2D eigenvalue weighted by Gasteiger charge is 2.50. The summed E-state index contributed by atoms with van der Waals surface area (Å²) >= 11 is 0. The summed E-state index contributed by atoms with van der Waals surface area (Å²) in [4.78, 5) is 26.4. The summed E-state index contributed by atoms with van der Waals surface area (Å²) in [5.74, 6) is -1.16. The zero-order valence-electron chi connectivity index (χ0n) is 14.5. The van der Waals surface area contributed by atoms with Gasteiger partial charge in [-0.1, -0.05) is 20.8 Å². The summed E-state index contributed by atoms with van der Waals surface area (Å²) in [6, 6.07) is 5.34. The molecule has 1 heterocycles. The fraction of sp³-hybridized carbons (Fsp3) is 0.579. The van der Waals surface area contributed by atoms with E-state index in [0.29, 0.717) is 0 Å². The summed E-state index contributed by atoms with van der Waals surface area (Å²) in [6.07, 6.45) is 3.12. The van der Waals surface area contributed by atoms with Crippen molar-refractivity contribution in [2.75, 3.05) is 13.2 Å². The lowest BCUT2D eigenvalue weighted by molar-refractivity contribution is -0.135. The summed E-state index contributed by atoms with van der Waals surface area (Å²) in [7, 11) is 0. The molecule has 2 bridgehead atoms. The molecule has 0 unspecified atom stereocenters. The maximum Gasteiger partial charge on any atom is 0.338 e. The Morgan fingerprint density at radius 2 is 1.88 bits per heavy atom. The quantitative estimate of drug-likeness (QED) is 0.797. The smallest absolute Gasteiger partial charge is 0.338 e. The zero-order chi connectivity index (χ0) is 17.5. The maximum absolute atomic E-state index is 12.9. The first-order chi connectivity index (χ1) is 11.2. The minimum absolute atomic E-state index is 0.142. The van der Waals surface area contributed by atoms with Gasteiger partial charge in [-0.15, -0.1) is 0 Å². The van der Waals surface area contributed by atoms with Gasteiger partial charge in [0.25, 0.3) is 5.91 Å². The van der Waals surface area contributed by atoms with Crippen molar-refractivity contribution in [2.45, 2.75) is 46.1 Å². The van der Waals surface area contributed by atoms with Crippen LogP contribution in [0.3, 0.4) is 0 Å². The Labute approximate surface area is 142 Å². The second-order valence-electron chi connectivity index (χ2n) is 8.32. The average Bonchev–Trinajstić information content (AvgIpc) is 2.74. The molecule has 0 radical (unpaired) electrons. The second kappa shape index (κ2) is 5.87. The number of hydrogen-bond acceptors (Lipinski definition) is 3. The minimum Gasteiger partial charge on any atom is -0.452 e. The molecule has 3 rings (SSSR count). The van der Waals surface area contributed by atoms with Crippen molar-refractivity contribution in [3.8, 4) is 0 Å². The first-order valence-electron chi connectivity index (χ1n) is 8.40. The predicted molar refractivity (Wildman–Crippen MR) is 87.9 cm³/mol. The van der Waals surface area contributed by atoms with E-state index in [2.05, 4.69) is 20.8 Å². The van der Waals surface area contributed by atoms with Gasteiger partial charge in [-0.05, 0) is 54.4 Å². The number of fused-ring (bicyclic) bond motifs is 2. The number of halogens is 1. The van der Waals surface area contributed by atoms with E-state index >= 15 is 0 Å². The van der Waals surface area contributed by atoms with Gasteiger partial charge in [-0.2, -0.15) is 0 Å². The first-order valence-corrected chi connectivity index (χ1v) is 8.40. The summed E-state index contributed by atoms with van der Waals surface area (Å²) in [5.41, 5.74) is 0.637. The molecule has 1 saturated carbocycles. The van der Waals surface area contributed by atoms with Gasteiger partial charge in [0.1, 0.15) is 5.82 Å². The molecule has 1 aliphatic carbocycles. The molecule has 0 spiro atoms. The second-order valence-corrected chi connectivity index (χ2v) is 8.32. The highest BCUT2D eigenvalue weighted by atomic mass is 19.1. The van der Waals surface area contributed by atoms with Crippen molar-refractivity contribution in [2.24, 2.45) is 10.8 Å². The van der Waals surface area contributed by atoms with Crippen LogP contribution in [0.1, 0.15) is 50.4 Å². The van der Waals surface area contributed by atoms with Gasteiger partial charge in [-0.25, -0.2) is 9.18 Å². The molecule has 4 nitrogen and oxygen atoms in total. The number of nitrogens with zero attached hydrogens (tertiary/aromatic N) is 1. The number of hydrogen-bond donors (Lipinski definition) is 0. The van der Waals surface area contributed by atoms with E-state index in [1.165, 1.54) is 24.3 Å². The van der Waals surface area contributed by atoms with E-state index in [1.807, 2.05) is 4.90 Å². The van der Waals surface area contributed by atoms with E-state index < -0.39 is 11.8 Å². The molecule has 1 aromatic rings. The van der Waals surface area contributed by atoms with Crippen molar-refractivity contribution in [3.05, 3.63) is 35.6 Å². The Bertz CT molecular complexity index is 655. The van der Waals surface area contributed by atoms with Gasteiger partial charge in [0.2, 0.25) is 0 Å². The highest BCUT2D eigenvalue weighted by molar-refractivity contribution is 5.91. The fourth-order valence-electron chi connectivity index (χ4n) is 4.63. The predicted octanol–water partition coefficient (Wildman–Crippen LogP) is 3.41. The number of carbonyl (C=O) groups excluding carboxylic acids is 2. The lowest BCUT2D eigenvalue weighted by atomic mass is 9.65. The van der Waals surface area contributed by atoms with Gasteiger partial charge in [0, 0.05) is 12.6 Å². The third-order valence-corrected chi connectivity index (χ3v) is 5.14. The van der Waals surface area contributed by atoms with Crippen LogP contribution in [0.4, 0.5) is 4.39 Å². The number of esters is 1. The molecule has 1 amide bonds. The van der Waals surface area contributed by atoms with Crippen LogP contribution in [-0.4, -0.2) is 36.0 Å². The van der Waals surface area contributed by atoms with E-state index in [0.717, 1.165) is 25.8 Å². The van der Waals surface area contributed by atoms with Crippen LogP contribution in [0.25, 0.3) is 0 Å². The Morgan fingerprint density at radius 1 is 1.21 bits per heavy atom. The number of carbonyl (C=O) groups is 2. The van der Waals surface area contributed by atoms with Gasteiger partial charge in [0.05, 0.1) is 5.56 Å². The number of amides is 1. The lowest BCUT2D eigenvalue weighted by Gasteiger charge is -2.39. The molecule has 2 atom stereocenters. The third-order valence-electron chi connectivity index (χ3n) is 5.14. The van der Waals surface area contributed by atoms with Crippen LogP contribution in [0.15, 0.2) is 24.3 Å². The van der Waals surface area contributed by atoms with E-state index in [-0.39, 0.29) is 34.9 Å². The Kier molecular flexibility index (Phi) is 4.14. The SMILES string of the molecule is CC1(C)C[C@@H]2C[C@@](C)(CN2C(=O)COC(=O)c2ccc(F)cc2)C1. The Morgan fingerprint density at radius 3 is 2.54 bits per heavy atom. The molecule has 130 valence electrons. The molecule has 1 aromatic carbocycles. The maximum atomic E-state index is 12.9. The minimum atomic E-state index is -0.600. The lowest BCUT2D eigenvalue weighted by Crippen LogP contribution is -2.39. The monoisotopic (exact) mass is 333 g/mol. The Balaban J connectivity index is 1.60. The van der Waals surface area contributed by atoms with Crippen molar-refractivity contribution in [1.29, 1.82) is 0 Å². The number of rotatable bonds is 3. The van der Waals surface area contributed by atoms with Gasteiger partial charge in [-0.3, -0.25) is 4.79 Å². The topological polar surface area (TPSA) is 46.6 Å². The van der Waals surface area contributed by atoms with Crippen LogP contribution in [0, 0.1) is 16.6 Å².